The van der Waals surface area contributed by atoms with Gasteiger partial charge in [-0.05, 0) is 48.0 Å². The summed E-state index contributed by atoms with van der Waals surface area (Å²) >= 11 is 6.04. The third-order valence-electron chi connectivity index (χ3n) is 4.68. The van der Waals surface area contributed by atoms with E-state index in [9.17, 15) is 19.7 Å². The molecule has 0 N–H and O–H groups in total. The third kappa shape index (κ3) is 4.94. The molecule has 0 unspecified atom stereocenters. The SMILES string of the molecule is COc1ccc(Cl)cc1C1=NC(=Cc2cccc(OC(=O)c3cccc([N+](=O)[O-])c3)c2)C(=O)O1. The highest BCUT2D eigenvalue weighted by Gasteiger charge is 2.26. The number of carbonyl (C=O) groups excluding carboxylic acids is 2. The minimum absolute atomic E-state index is 0.0270. The summed E-state index contributed by atoms with van der Waals surface area (Å²) in [5.41, 5.74) is 0.768. The lowest BCUT2D eigenvalue weighted by Crippen LogP contribution is -2.08. The number of benzene rings is 3. The highest BCUT2D eigenvalue weighted by atomic mass is 35.5. The van der Waals surface area contributed by atoms with Crippen molar-refractivity contribution in [3.63, 3.8) is 0 Å². The van der Waals surface area contributed by atoms with E-state index in [0.29, 0.717) is 21.9 Å². The van der Waals surface area contributed by atoms with Gasteiger partial charge in [0.25, 0.3) is 5.69 Å². The van der Waals surface area contributed by atoms with Crippen molar-refractivity contribution >= 4 is 41.2 Å². The summed E-state index contributed by atoms with van der Waals surface area (Å²) in [5, 5.41) is 11.3. The van der Waals surface area contributed by atoms with Crippen LogP contribution in [0.25, 0.3) is 6.08 Å². The van der Waals surface area contributed by atoms with Crippen LogP contribution in [0.1, 0.15) is 21.5 Å². The highest BCUT2D eigenvalue weighted by molar-refractivity contribution is 6.31. The monoisotopic (exact) mass is 478 g/mol. The molecule has 1 aliphatic heterocycles. The molecular weight excluding hydrogens is 464 g/mol. The summed E-state index contributed by atoms with van der Waals surface area (Å²) in [6, 6.07) is 16.4. The van der Waals surface area contributed by atoms with Crippen LogP contribution in [0.3, 0.4) is 0 Å². The molecule has 9 nitrogen and oxygen atoms in total. The normalized spacial score (nSPS) is 13.9. The number of non-ortho nitro benzene ring substituents is 1. The molecule has 0 aromatic heterocycles. The Hall–Kier alpha value is -4.50. The first kappa shape index (κ1) is 22.7. The molecule has 10 heteroatoms. The molecule has 0 bridgehead atoms. The number of carbonyl (C=O) groups is 2. The number of nitro groups is 1. The zero-order chi connectivity index (χ0) is 24.2. The second-order valence-corrected chi connectivity index (χ2v) is 7.39. The number of hydrogen-bond donors (Lipinski definition) is 0. The van der Waals surface area contributed by atoms with Crippen LogP contribution in [0.15, 0.2) is 77.4 Å². The van der Waals surface area contributed by atoms with Crippen molar-refractivity contribution in [2.75, 3.05) is 7.11 Å². The summed E-state index contributed by atoms with van der Waals surface area (Å²) in [6.07, 6.45) is 1.47. The molecule has 0 fully saturated rings. The first-order valence-electron chi connectivity index (χ1n) is 9.77. The highest BCUT2D eigenvalue weighted by Crippen LogP contribution is 2.28. The van der Waals surface area contributed by atoms with Gasteiger partial charge in [0.2, 0.25) is 5.90 Å². The number of cyclic esters (lactones) is 1. The van der Waals surface area contributed by atoms with E-state index < -0.39 is 16.9 Å². The van der Waals surface area contributed by atoms with Crippen molar-refractivity contribution in [1.29, 1.82) is 0 Å². The molecule has 0 radical (unpaired) electrons. The van der Waals surface area contributed by atoms with Crippen molar-refractivity contribution in [3.05, 3.63) is 104 Å². The lowest BCUT2D eigenvalue weighted by atomic mass is 10.1. The van der Waals surface area contributed by atoms with Crippen molar-refractivity contribution in [3.8, 4) is 11.5 Å². The fraction of sp³-hybridized carbons (Fsp3) is 0.0417. The molecule has 4 rings (SSSR count). The molecule has 3 aromatic rings. The van der Waals surface area contributed by atoms with Crippen LogP contribution in [-0.2, 0) is 9.53 Å². The number of nitrogens with zero attached hydrogens (tertiary/aromatic N) is 2. The van der Waals surface area contributed by atoms with Gasteiger partial charge in [0.15, 0.2) is 5.70 Å². The van der Waals surface area contributed by atoms with Gasteiger partial charge in [-0.25, -0.2) is 14.6 Å². The molecule has 170 valence electrons. The fourth-order valence-corrected chi connectivity index (χ4v) is 3.28. The summed E-state index contributed by atoms with van der Waals surface area (Å²) in [6.45, 7) is 0. The molecule has 0 saturated heterocycles. The predicted octanol–water partition coefficient (Wildman–Crippen LogP) is 4.82. The Morgan fingerprint density at radius 3 is 2.68 bits per heavy atom. The van der Waals surface area contributed by atoms with Gasteiger partial charge in [-0.1, -0.05) is 29.8 Å². The van der Waals surface area contributed by atoms with Gasteiger partial charge >= 0.3 is 11.9 Å². The van der Waals surface area contributed by atoms with Crippen LogP contribution in [0.4, 0.5) is 5.69 Å². The van der Waals surface area contributed by atoms with Gasteiger partial charge in [-0.2, -0.15) is 0 Å². The van der Waals surface area contributed by atoms with E-state index in [1.165, 1.54) is 43.5 Å². The van der Waals surface area contributed by atoms with Gasteiger partial charge in [0.1, 0.15) is 11.5 Å². The van der Waals surface area contributed by atoms with E-state index in [0.717, 1.165) is 6.07 Å². The Morgan fingerprint density at radius 2 is 1.91 bits per heavy atom. The summed E-state index contributed by atoms with van der Waals surface area (Å²) in [4.78, 5) is 39.3. The molecule has 3 aromatic carbocycles. The number of methoxy groups -OCH3 is 1. The first-order valence-corrected chi connectivity index (χ1v) is 10.1. The zero-order valence-corrected chi connectivity index (χ0v) is 18.3. The van der Waals surface area contributed by atoms with E-state index >= 15 is 0 Å². The summed E-state index contributed by atoms with van der Waals surface area (Å²) in [5.74, 6) is -0.771. The number of halogens is 1. The molecule has 34 heavy (non-hydrogen) atoms. The average Bonchev–Trinajstić information content (AvgIpc) is 3.19. The van der Waals surface area contributed by atoms with E-state index in [1.54, 1.807) is 30.3 Å². The minimum atomic E-state index is -0.762. The van der Waals surface area contributed by atoms with Crippen molar-refractivity contribution in [2.24, 2.45) is 4.99 Å². The van der Waals surface area contributed by atoms with Crippen LogP contribution in [0, 0.1) is 10.1 Å². The maximum absolute atomic E-state index is 12.4. The predicted molar refractivity (Wildman–Crippen MR) is 123 cm³/mol. The standard InChI is InChI=1S/C24H15ClN2O7/c1-32-21-9-8-16(25)13-19(21)22-26-20(24(29)34-22)11-14-4-2-7-18(10-14)33-23(28)15-5-3-6-17(12-15)27(30)31/h2-13H,1H3. The van der Waals surface area contributed by atoms with Crippen molar-refractivity contribution in [2.45, 2.75) is 0 Å². The summed E-state index contributed by atoms with van der Waals surface area (Å²) < 4.78 is 15.9. The number of ether oxygens (including phenoxy) is 3. The van der Waals surface area contributed by atoms with Crippen LogP contribution in [-0.4, -0.2) is 29.9 Å². The van der Waals surface area contributed by atoms with Gasteiger partial charge in [0, 0.05) is 17.2 Å². The van der Waals surface area contributed by atoms with Crippen LogP contribution in [0.2, 0.25) is 5.02 Å². The van der Waals surface area contributed by atoms with E-state index in [1.807, 2.05) is 0 Å². The maximum atomic E-state index is 12.4. The van der Waals surface area contributed by atoms with Crippen LogP contribution >= 0.6 is 11.6 Å². The smallest absolute Gasteiger partial charge is 0.363 e. The molecule has 0 saturated carbocycles. The van der Waals surface area contributed by atoms with Crippen LogP contribution in [0.5, 0.6) is 11.5 Å². The molecule has 1 aliphatic rings. The van der Waals surface area contributed by atoms with Crippen LogP contribution < -0.4 is 9.47 Å². The number of nitro benzene ring substituents is 1. The van der Waals surface area contributed by atoms with Crippen molar-refractivity contribution < 1.29 is 28.7 Å². The average molecular weight is 479 g/mol. The number of esters is 2. The third-order valence-corrected chi connectivity index (χ3v) is 4.91. The molecule has 0 aliphatic carbocycles. The first-order chi connectivity index (χ1) is 16.3. The van der Waals surface area contributed by atoms with E-state index in [2.05, 4.69) is 4.99 Å². The lowest BCUT2D eigenvalue weighted by Gasteiger charge is -2.07. The van der Waals surface area contributed by atoms with Crippen molar-refractivity contribution in [1.82, 2.24) is 0 Å². The fourth-order valence-electron chi connectivity index (χ4n) is 3.11. The van der Waals surface area contributed by atoms with Gasteiger partial charge in [-0.15, -0.1) is 0 Å². The Morgan fingerprint density at radius 1 is 1.12 bits per heavy atom. The molecule has 1 heterocycles. The largest absolute Gasteiger partial charge is 0.496 e. The number of hydrogen-bond acceptors (Lipinski definition) is 8. The molecule has 0 atom stereocenters. The van der Waals surface area contributed by atoms with E-state index in [4.69, 9.17) is 25.8 Å². The minimum Gasteiger partial charge on any atom is -0.496 e. The molecular formula is C24H15ClN2O7. The second kappa shape index (κ2) is 9.55. The molecule has 0 spiro atoms. The Bertz CT molecular complexity index is 1380. The topological polar surface area (TPSA) is 117 Å². The number of rotatable bonds is 6. The Kier molecular flexibility index (Phi) is 6.37. The van der Waals surface area contributed by atoms with Gasteiger partial charge in [0.05, 0.1) is 23.2 Å². The summed E-state index contributed by atoms with van der Waals surface area (Å²) in [7, 11) is 1.47. The Labute approximate surface area is 198 Å². The quantitative estimate of drug-likeness (QED) is 0.164. The van der Waals surface area contributed by atoms with E-state index in [-0.39, 0.29) is 28.6 Å². The molecule has 0 amide bonds. The Balaban J connectivity index is 1.57. The van der Waals surface area contributed by atoms with Gasteiger partial charge in [-0.3, -0.25) is 10.1 Å². The second-order valence-electron chi connectivity index (χ2n) is 6.95. The zero-order valence-electron chi connectivity index (χ0n) is 17.6. The van der Waals surface area contributed by atoms with Gasteiger partial charge < -0.3 is 14.2 Å². The maximum Gasteiger partial charge on any atom is 0.363 e. The number of aliphatic imine (C=N–C) groups is 1. The lowest BCUT2D eigenvalue weighted by molar-refractivity contribution is -0.384.